The van der Waals surface area contributed by atoms with Gasteiger partial charge in [-0.25, -0.2) is 14.8 Å². The second-order valence-corrected chi connectivity index (χ2v) is 22.1. The number of ether oxygens (including phenoxy) is 6. The van der Waals surface area contributed by atoms with Crippen molar-refractivity contribution in [2.75, 3.05) is 88.5 Å². The number of unbranched alkanes of at least 4 members (excludes halogenated alkanes) is 2. The van der Waals surface area contributed by atoms with Crippen molar-refractivity contribution in [3.8, 4) is 34.8 Å². The first-order valence-corrected chi connectivity index (χ1v) is 29.5. The molecule has 6 aromatic carbocycles. The Balaban J connectivity index is 0.570. The van der Waals surface area contributed by atoms with E-state index in [1.54, 1.807) is 24.3 Å². The molecule has 10 aromatic rings. The molecule has 80 heavy (non-hydrogen) atoms. The highest BCUT2D eigenvalue weighted by molar-refractivity contribution is 7.17. The lowest BCUT2D eigenvalue weighted by atomic mass is 10.2. The Morgan fingerprint density at radius 2 is 0.900 bits per heavy atom. The summed E-state index contributed by atoms with van der Waals surface area (Å²) in [6, 6.07) is 51.7. The number of piperazine rings is 2. The standard InChI is InChI=1S/C65H64N6O7S2/c72-65(77-59-15-3-1-11-49(59)45-75-63-25-21-47-19-23-51(43-55(47)66-63)73-39-7-5-29-68-31-35-70(36-32-68)57-13-9-17-61-53(57)27-41-79-61)78-60-16-4-2-12-50(60)46-76-64-26-22-48-20-24-52(44-56(48)67-64)74-40-8-6-30-69-33-37-71(38-34-69)58-14-10-18-62-54(58)28-42-80-62/h1-4,9-28,41-44H,5-8,29-40,45-46H2. The number of rotatable bonds is 22. The van der Waals surface area contributed by atoms with Gasteiger partial charge in [0.05, 0.1) is 24.2 Å². The average Bonchev–Trinajstić information content (AvgIpc) is 4.20. The van der Waals surface area contributed by atoms with E-state index >= 15 is 0 Å². The molecule has 0 spiro atoms. The number of fused-ring (bicyclic) bond motifs is 4. The molecular formula is C65H64N6O7S2. The molecule has 2 aliphatic rings. The van der Waals surface area contributed by atoms with Crippen LogP contribution in [0.1, 0.15) is 36.8 Å². The largest absolute Gasteiger partial charge is 0.519 e. The first-order chi connectivity index (χ1) is 39.5. The molecule has 6 heterocycles. The highest BCUT2D eigenvalue weighted by atomic mass is 32.1. The van der Waals surface area contributed by atoms with Crippen LogP contribution in [0, 0.1) is 0 Å². The minimum absolute atomic E-state index is 0.113. The van der Waals surface area contributed by atoms with Crippen molar-refractivity contribution in [1.82, 2.24) is 19.8 Å². The van der Waals surface area contributed by atoms with Gasteiger partial charge in [0.15, 0.2) is 0 Å². The van der Waals surface area contributed by atoms with Gasteiger partial charge in [0.2, 0.25) is 11.8 Å². The summed E-state index contributed by atoms with van der Waals surface area (Å²) >= 11 is 3.62. The molecule has 0 amide bonds. The van der Waals surface area contributed by atoms with Crippen molar-refractivity contribution in [2.45, 2.75) is 38.9 Å². The number of carbonyl (C=O) groups is 1. The summed E-state index contributed by atoms with van der Waals surface area (Å²) in [4.78, 5) is 33.1. The number of nitrogens with zero attached hydrogens (tertiary/aromatic N) is 6. The highest BCUT2D eigenvalue weighted by Gasteiger charge is 2.21. The van der Waals surface area contributed by atoms with Crippen molar-refractivity contribution in [1.29, 1.82) is 0 Å². The number of benzene rings is 6. The Morgan fingerprint density at radius 3 is 1.38 bits per heavy atom. The SMILES string of the molecule is O=C(Oc1ccccc1COc1ccc2ccc(OCCCCN3CCN(c4cccc5sccc45)CC3)cc2n1)Oc1ccccc1COc1ccc2ccc(OCCCCN3CCN(c4cccc5sccc45)CC3)cc2n1. The molecule has 15 heteroatoms. The Kier molecular flexibility index (Phi) is 16.8. The fraction of sp³-hybridized carbons (Fsp3) is 0.277. The molecular weight excluding hydrogens is 1040 g/mol. The maximum atomic E-state index is 13.3. The molecule has 12 rings (SSSR count). The normalized spacial score (nSPS) is 14.2. The van der Waals surface area contributed by atoms with E-state index in [-0.39, 0.29) is 13.2 Å². The third kappa shape index (κ3) is 13.0. The van der Waals surface area contributed by atoms with Crippen LogP contribution in [0.4, 0.5) is 16.2 Å². The topological polar surface area (TPSA) is 111 Å². The Bertz CT molecular complexity index is 3470. The molecule has 2 fully saturated rings. The molecule has 0 radical (unpaired) electrons. The van der Waals surface area contributed by atoms with Gasteiger partial charge in [0.1, 0.15) is 36.2 Å². The first kappa shape index (κ1) is 52.7. The number of anilines is 2. The zero-order chi connectivity index (χ0) is 53.9. The van der Waals surface area contributed by atoms with E-state index in [2.05, 4.69) is 78.9 Å². The molecule has 0 aliphatic carbocycles. The van der Waals surface area contributed by atoms with E-state index in [0.717, 1.165) is 124 Å². The molecule has 0 N–H and O–H groups in total. The van der Waals surface area contributed by atoms with Gasteiger partial charge in [-0.1, -0.05) is 48.5 Å². The molecule has 0 atom stereocenters. The van der Waals surface area contributed by atoms with E-state index in [4.69, 9.17) is 38.4 Å². The minimum Gasteiger partial charge on any atom is -0.494 e. The summed E-state index contributed by atoms with van der Waals surface area (Å²) in [5.41, 5.74) is 5.55. The number of aromatic nitrogens is 2. The van der Waals surface area contributed by atoms with Crippen LogP contribution in [0.3, 0.4) is 0 Å². The molecule has 13 nitrogen and oxygen atoms in total. The smallest absolute Gasteiger partial charge is 0.494 e. The van der Waals surface area contributed by atoms with Crippen LogP contribution in [-0.2, 0) is 13.2 Å². The molecule has 2 saturated heterocycles. The third-order valence-electron chi connectivity index (χ3n) is 15.0. The summed E-state index contributed by atoms with van der Waals surface area (Å²) < 4.78 is 39.0. The lowest BCUT2D eigenvalue weighted by Crippen LogP contribution is -2.46. The molecule has 408 valence electrons. The lowest BCUT2D eigenvalue weighted by molar-refractivity contribution is 0.149. The number of para-hydroxylation sites is 2. The van der Waals surface area contributed by atoms with E-state index in [1.165, 1.54) is 31.5 Å². The van der Waals surface area contributed by atoms with Crippen LogP contribution < -0.4 is 38.2 Å². The zero-order valence-electron chi connectivity index (χ0n) is 44.8. The van der Waals surface area contributed by atoms with Gasteiger partial charge in [0.25, 0.3) is 0 Å². The van der Waals surface area contributed by atoms with Crippen LogP contribution in [0.15, 0.2) is 168 Å². The molecule has 2 aliphatic heterocycles. The van der Waals surface area contributed by atoms with Crippen molar-refractivity contribution < 1.29 is 33.2 Å². The number of carbonyl (C=O) groups excluding carboxylic acids is 1. The second-order valence-electron chi connectivity index (χ2n) is 20.2. The summed E-state index contributed by atoms with van der Waals surface area (Å²) in [5, 5.41) is 9.05. The Hall–Kier alpha value is -7.95. The van der Waals surface area contributed by atoms with Crippen LogP contribution in [0.25, 0.3) is 42.0 Å². The van der Waals surface area contributed by atoms with Gasteiger partial charge in [0, 0.05) is 130 Å². The predicted molar refractivity (Wildman–Crippen MR) is 322 cm³/mol. The van der Waals surface area contributed by atoms with E-state index in [1.807, 2.05) is 108 Å². The Labute approximate surface area is 474 Å². The fourth-order valence-electron chi connectivity index (χ4n) is 10.6. The summed E-state index contributed by atoms with van der Waals surface area (Å²) in [5.74, 6) is 3.05. The summed E-state index contributed by atoms with van der Waals surface area (Å²) in [7, 11) is 0. The van der Waals surface area contributed by atoms with Crippen LogP contribution in [-0.4, -0.2) is 105 Å². The summed E-state index contributed by atoms with van der Waals surface area (Å²) in [6.07, 6.45) is 3.20. The monoisotopic (exact) mass is 1100 g/mol. The van der Waals surface area contributed by atoms with Gasteiger partial charge >= 0.3 is 6.16 Å². The molecule has 0 unspecified atom stereocenters. The summed E-state index contributed by atoms with van der Waals surface area (Å²) in [6.45, 7) is 12.1. The van der Waals surface area contributed by atoms with Gasteiger partial charge in [-0.15, -0.1) is 22.7 Å². The molecule has 0 bridgehead atoms. The van der Waals surface area contributed by atoms with Gasteiger partial charge in [-0.05, 0) is 134 Å². The van der Waals surface area contributed by atoms with Gasteiger partial charge in [-0.3, -0.25) is 9.80 Å². The minimum atomic E-state index is -0.888. The van der Waals surface area contributed by atoms with Crippen molar-refractivity contribution in [3.63, 3.8) is 0 Å². The zero-order valence-corrected chi connectivity index (χ0v) is 46.4. The number of pyridine rings is 2. The van der Waals surface area contributed by atoms with Gasteiger partial charge in [-0.2, -0.15) is 0 Å². The number of thiophene rings is 2. The van der Waals surface area contributed by atoms with E-state index in [0.29, 0.717) is 47.6 Å². The Morgan fingerprint density at radius 1 is 0.450 bits per heavy atom. The molecule has 4 aromatic heterocycles. The number of hydrogen-bond donors (Lipinski definition) is 0. The quantitative estimate of drug-likeness (QED) is 0.0365. The molecule has 0 saturated carbocycles. The maximum absolute atomic E-state index is 13.3. The van der Waals surface area contributed by atoms with Crippen LogP contribution in [0.2, 0.25) is 0 Å². The lowest BCUT2D eigenvalue weighted by Gasteiger charge is -2.36. The highest BCUT2D eigenvalue weighted by Crippen LogP contribution is 2.34. The van der Waals surface area contributed by atoms with Crippen LogP contribution >= 0.6 is 22.7 Å². The van der Waals surface area contributed by atoms with Crippen molar-refractivity contribution in [2.24, 2.45) is 0 Å². The van der Waals surface area contributed by atoms with E-state index < -0.39 is 6.16 Å². The van der Waals surface area contributed by atoms with Gasteiger partial charge < -0.3 is 38.2 Å². The van der Waals surface area contributed by atoms with Crippen LogP contribution in [0.5, 0.6) is 34.8 Å². The first-order valence-electron chi connectivity index (χ1n) is 27.8. The number of hydrogen-bond acceptors (Lipinski definition) is 15. The van der Waals surface area contributed by atoms with E-state index in [9.17, 15) is 4.79 Å². The second kappa shape index (κ2) is 25.4. The van der Waals surface area contributed by atoms with Crippen molar-refractivity contribution >= 4 is 82.2 Å². The fourth-order valence-corrected chi connectivity index (χ4v) is 12.2. The van der Waals surface area contributed by atoms with Crippen molar-refractivity contribution in [3.05, 3.63) is 180 Å². The maximum Gasteiger partial charge on any atom is 0.519 e. The average molecular weight is 1110 g/mol. The third-order valence-corrected chi connectivity index (χ3v) is 16.8. The predicted octanol–water partition coefficient (Wildman–Crippen LogP) is 13.9.